The highest BCUT2D eigenvalue weighted by Gasteiger charge is 2.17. The fraction of sp³-hybridized carbons (Fsp3) is 0.538. The highest BCUT2D eigenvalue weighted by molar-refractivity contribution is 5.98. The van der Waals surface area contributed by atoms with Crippen molar-refractivity contribution in [2.24, 2.45) is 5.73 Å². The summed E-state index contributed by atoms with van der Waals surface area (Å²) in [5, 5.41) is 0. The minimum atomic E-state index is -0.530. The number of amides is 1. The van der Waals surface area contributed by atoms with Crippen LogP contribution in [0.5, 0.6) is 0 Å². The Balaban J connectivity index is 3.05. The Morgan fingerprint density at radius 2 is 2.11 bits per heavy atom. The molecule has 4 N–H and O–H groups in total. The van der Waals surface area contributed by atoms with Crippen LogP contribution in [0.25, 0.3) is 0 Å². The van der Waals surface area contributed by atoms with E-state index >= 15 is 0 Å². The zero-order valence-electron chi connectivity index (χ0n) is 12.1. The van der Waals surface area contributed by atoms with Gasteiger partial charge in [0.15, 0.2) is 0 Å². The Hall–Kier alpha value is -1.82. The SMILES string of the molecule is CCN(c1cc(C(N)=O)c(N)cn1)C(C)CN(C)C. The molecule has 0 aliphatic rings. The van der Waals surface area contributed by atoms with Crippen molar-refractivity contribution in [1.82, 2.24) is 9.88 Å². The number of anilines is 2. The molecule has 1 rings (SSSR count). The van der Waals surface area contributed by atoms with Crippen LogP contribution in [0.3, 0.4) is 0 Å². The van der Waals surface area contributed by atoms with Crippen molar-refractivity contribution in [2.75, 3.05) is 37.8 Å². The van der Waals surface area contributed by atoms with Gasteiger partial charge in [-0.3, -0.25) is 4.79 Å². The second kappa shape index (κ2) is 6.38. The van der Waals surface area contributed by atoms with E-state index in [1.165, 1.54) is 6.20 Å². The molecule has 1 heterocycles. The predicted molar refractivity (Wildman–Crippen MR) is 78.2 cm³/mol. The molecule has 106 valence electrons. The Bertz CT molecular complexity index is 447. The first-order chi connectivity index (χ1) is 8.86. The first-order valence-electron chi connectivity index (χ1n) is 6.33. The Kier molecular flexibility index (Phi) is 5.11. The Morgan fingerprint density at radius 3 is 2.58 bits per heavy atom. The van der Waals surface area contributed by atoms with E-state index in [0.29, 0.717) is 11.3 Å². The van der Waals surface area contributed by atoms with Gasteiger partial charge in [-0.15, -0.1) is 0 Å². The van der Waals surface area contributed by atoms with Gasteiger partial charge in [-0.1, -0.05) is 0 Å². The number of nitrogens with two attached hydrogens (primary N) is 2. The van der Waals surface area contributed by atoms with Crippen molar-refractivity contribution in [3.8, 4) is 0 Å². The van der Waals surface area contributed by atoms with Gasteiger partial charge in [0, 0.05) is 19.1 Å². The average Bonchev–Trinajstić information content (AvgIpc) is 2.30. The van der Waals surface area contributed by atoms with E-state index in [2.05, 4.69) is 21.7 Å². The molecule has 6 heteroatoms. The molecule has 0 saturated carbocycles. The largest absolute Gasteiger partial charge is 0.397 e. The number of rotatable bonds is 6. The fourth-order valence-corrected chi connectivity index (χ4v) is 2.15. The van der Waals surface area contributed by atoms with Crippen molar-refractivity contribution < 1.29 is 4.79 Å². The number of aromatic nitrogens is 1. The lowest BCUT2D eigenvalue weighted by atomic mass is 10.2. The van der Waals surface area contributed by atoms with Gasteiger partial charge in [0.1, 0.15) is 5.82 Å². The number of carbonyl (C=O) groups is 1. The maximum atomic E-state index is 11.3. The summed E-state index contributed by atoms with van der Waals surface area (Å²) in [7, 11) is 4.05. The second-order valence-corrected chi connectivity index (χ2v) is 4.89. The van der Waals surface area contributed by atoms with Crippen LogP contribution in [-0.2, 0) is 0 Å². The van der Waals surface area contributed by atoms with Crippen LogP contribution in [0.15, 0.2) is 12.3 Å². The van der Waals surface area contributed by atoms with Crippen molar-refractivity contribution in [3.05, 3.63) is 17.8 Å². The fourth-order valence-electron chi connectivity index (χ4n) is 2.15. The summed E-state index contributed by atoms with van der Waals surface area (Å²) in [6, 6.07) is 1.93. The molecule has 0 saturated heterocycles. The molecule has 1 atom stereocenters. The van der Waals surface area contributed by atoms with Gasteiger partial charge in [0.05, 0.1) is 17.4 Å². The van der Waals surface area contributed by atoms with Gasteiger partial charge in [-0.05, 0) is 34.0 Å². The van der Waals surface area contributed by atoms with E-state index in [4.69, 9.17) is 11.5 Å². The van der Waals surface area contributed by atoms with Crippen molar-refractivity contribution >= 4 is 17.4 Å². The number of nitrogen functional groups attached to an aromatic ring is 1. The molecule has 0 radical (unpaired) electrons. The van der Waals surface area contributed by atoms with Crippen LogP contribution in [0.2, 0.25) is 0 Å². The van der Waals surface area contributed by atoms with Gasteiger partial charge in [0.2, 0.25) is 0 Å². The monoisotopic (exact) mass is 265 g/mol. The summed E-state index contributed by atoms with van der Waals surface area (Å²) in [5.41, 5.74) is 11.6. The number of nitrogens with zero attached hydrogens (tertiary/aromatic N) is 3. The summed E-state index contributed by atoms with van der Waals surface area (Å²) >= 11 is 0. The molecule has 1 unspecified atom stereocenters. The van der Waals surface area contributed by atoms with Crippen LogP contribution in [0, 0.1) is 0 Å². The molecule has 0 bridgehead atoms. The van der Waals surface area contributed by atoms with Crippen LogP contribution in [0.1, 0.15) is 24.2 Å². The van der Waals surface area contributed by atoms with Crippen LogP contribution >= 0.6 is 0 Å². The van der Waals surface area contributed by atoms with Gasteiger partial charge >= 0.3 is 0 Å². The van der Waals surface area contributed by atoms with E-state index in [9.17, 15) is 4.79 Å². The van der Waals surface area contributed by atoms with Crippen molar-refractivity contribution in [3.63, 3.8) is 0 Å². The van der Waals surface area contributed by atoms with Crippen LogP contribution in [0.4, 0.5) is 11.5 Å². The molecule has 0 aromatic carbocycles. The maximum absolute atomic E-state index is 11.3. The zero-order chi connectivity index (χ0) is 14.6. The molecule has 0 aliphatic carbocycles. The standard InChI is InChI=1S/C13H23N5O/c1-5-18(9(2)8-17(3)4)12-6-10(13(15)19)11(14)7-16-12/h6-7,9H,5,8,14H2,1-4H3,(H2,15,19). The van der Waals surface area contributed by atoms with E-state index < -0.39 is 5.91 Å². The smallest absolute Gasteiger partial charge is 0.250 e. The first kappa shape index (κ1) is 15.2. The third-order valence-electron chi connectivity index (χ3n) is 2.98. The highest BCUT2D eigenvalue weighted by atomic mass is 16.1. The number of hydrogen-bond acceptors (Lipinski definition) is 5. The predicted octanol–water partition coefficient (Wildman–Crippen LogP) is 0.539. The summed E-state index contributed by atoms with van der Waals surface area (Å²) in [4.78, 5) is 19.8. The molecule has 6 nitrogen and oxygen atoms in total. The molecule has 19 heavy (non-hydrogen) atoms. The van der Waals surface area contributed by atoms with E-state index in [1.807, 2.05) is 21.0 Å². The minimum absolute atomic E-state index is 0.275. The summed E-state index contributed by atoms with van der Waals surface area (Å²) in [6.45, 7) is 5.86. The third-order valence-corrected chi connectivity index (χ3v) is 2.98. The maximum Gasteiger partial charge on any atom is 0.250 e. The van der Waals surface area contributed by atoms with Gasteiger partial charge < -0.3 is 21.3 Å². The lowest BCUT2D eigenvalue weighted by molar-refractivity contribution is 0.100. The lowest BCUT2D eigenvalue weighted by Crippen LogP contribution is -2.40. The molecule has 0 aliphatic heterocycles. The number of primary amides is 1. The number of pyridine rings is 1. The third kappa shape index (κ3) is 3.82. The quantitative estimate of drug-likeness (QED) is 0.783. The molecular formula is C13H23N5O. The van der Waals surface area contributed by atoms with Crippen molar-refractivity contribution in [1.29, 1.82) is 0 Å². The molecule has 0 fully saturated rings. The topological polar surface area (TPSA) is 88.5 Å². The lowest BCUT2D eigenvalue weighted by Gasteiger charge is -2.31. The summed E-state index contributed by atoms with van der Waals surface area (Å²) in [5.74, 6) is 0.192. The molecule has 0 spiro atoms. The second-order valence-electron chi connectivity index (χ2n) is 4.89. The van der Waals surface area contributed by atoms with Gasteiger partial charge in [-0.25, -0.2) is 4.98 Å². The zero-order valence-corrected chi connectivity index (χ0v) is 12.1. The Labute approximate surface area is 114 Å². The summed E-state index contributed by atoms with van der Waals surface area (Å²) < 4.78 is 0. The van der Waals surface area contributed by atoms with E-state index in [0.717, 1.165) is 18.9 Å². The minimum Gasteiger partial charge on any atom is -0.397 e. The van der Waals surface area contributed by atoms with Crippen LogP contribution in [-0.4, -0.2) is 49.0 Å². The van der Waals surface area contributed by atoms with E-state index in [-0.39, 0.29) is 6.04 Å². The molecular weight excluding hydrogens is 242 g/mol. The highest BCUT2D eigenvalue weighted by Crippen LogP contribution is 2.19. The first-order valence-corrected chi connectivity index (χ1v) is 6.33. The van der Waals surface area contributed by atoms with Gasteiger partial charge in [-0.2, -0.15) is 0 Å². The Morgan fingerprint density at radius 1 is 1.47 bits per heavy atom. The van der Waals surface area contributed by atoms with Crippen molar-refractivity contribution in [2.45, 2.75) is 19.9 Å². The molecule has 1 amide bonds. The number of hydrogen-bond donors (Lipinski definition) is 2. The normalized spacial score (nSPS) is 12.5. The summed E-state index contributed by atoms with van der Waals surface area (Å²) in [6.07, 6.45) is 1.49. The number of likely N-dealkylation sites (N-methyl/N-ethyl adjacent to an activating group) is 2. The van der Waals surface area contributed by atoms with Crippen LogP contribution < -0.4 is 16.4 Å². The number of carbonyl (C=O) groups excluding carboxylic acids is 1. The molecule has 1 aromatic rings. The van der Waals surface area contributed by atoms with E-state index in [1.54, 1.807) is 6.07 Å². The van der Waals surface area contributed by atoms with Gasteiger partial charge in [0.25, 0.3) is 5.91 Å². The molecule has 1 aromatic heterocycles. The average molecular weight is 265 g/mol.